The predicted octanol–water partition coefficient (Wildman–Crippen LogP) is 2.30. The van der Waals surface area contributed by atoms with Crippen molar-refractivity contribution in [1.29, 1.82) is 0 Å². The molecule has 0 saturated carbocycles. The van der Waals surface area contributed by atoms with E-state index < -0.39 is 23.1 Å². The molecule has 0 atom stereocenters. The average Bonchev–Trinajstić information content (AvgIpc) is 2.02. The topological polar surface area (TPSA) is 43.1 Å². The van der Waals surface area contributed by atoms with Gasteiger partial charge in [0.05, 0.1) is 4.92 Å². The molecule has 0 spiro atoms. The van der Waals surface area contributed by atoms with Crippen LogP contribution in [0.3, 0.4) is 0 Å². The molecule has 0 saturated heterocycles. The molecule has 1 rings (SSSR count). The lowest BCUT2D eigenvalue weighted by molar-refractivity contribution is -0.384. The van der Waals surface area contributed by atoms with E-state index in [2.05, 4.69) is 0 Å². The number of hydrogen-bond donors (Lipinski definition) is 0. The fourth-order valence-corrected chi connectivity index (χ4v) is 1.06. The number of nitro groups is 1. The fourth-order valence-electron chi connectivity index (χ4n) is 0.873. The zero-order chi connectivity index (χ0) is 10.9. The molecule has 1 aromatic rings. The van der Waals surface area contributed by atoms with E-state index in [1.165, 1.54) is 0 Å². The lowest BCUT2D eigenvalue weighted by atomic mass is 9.80. The van der Waals surface area contributed by atoms with Gasteiger partial charge in [-0.15, -0.1) is 5.46 Å². The van der Waals surface area contributed by atoms with Crippen LogP contribution in [0.15, 0.2) is 18.2 Å². The first-order valence-corrected chi connectivity index (χ1v) is 3.84. The second-order valence-corrected chi connectivity index (χ2v) is 2.95. The number of benzene rings is 1. The molecule has 0 fully saturated rings. The van der Waals surface area contributed by atoms with E-state index in [0.717, 1.165) is 12.1 Å². The maximum absolute atomic E-state index is 12.2. The van der Waals surface area contributed by atoms with Crippen LogP contribution in [-0.4, -0.2) is 11.9 Å². The average molecular weight is 224 g/mol. The third kappa shape index (κ3) is 2.17. The summed E-state index contributed by atoms with van der Waals surface area (Å²) < 4.78 is 36.5. The largest absolute Gasteiger partial charge is 0.509 e. The van der Waals surface area contributed by atoms with Crippen molar-refractivity contribution in [3.05, 3.63) is 33.3 Å². The van der Waals surface area contributed by atoms with Gasteiger partial charge in [-0.25, -0.2) is 0 Å². The van der Waals surface area contributed by atoms with Crippen molar-refractivity contribution in [2.24, 2.45) is 0 Å². The molecular formula is C6H3BClF3NO2-. The second-order valence-electron chi connectivity index (χ2n) is 2.54. The smallest absolute Gasteiger partial charge is 0.445 e. The normalized spacial score (nSPS) is 11.4. The summed E-state index contributed by atoms with van der Waals surface area (Å²) in [6, 6.07) is 2.02. The minimum atomic E-state index is -5.23. The molecule has 14 heavy (non-hydrogen) atoms. The van der Waals surface area contributed by atoms with Gasteiger partial charge < -0.3 is 12.9 Å². The summed E-state index contributed by atoms with van der Waals surface area (Å²) in [5, 5.41) is 9.95. The Morgan fingerprint density at radius 2 is 1.93 bits per heavy atom. The number of hydrogen-bond acceptors (Lipinski definition) is 2. The summed E-state index contributed by atoms with van der Waals surface area (Å²) in [4.78, 5) is 9.31. The minimum absolute atomic E-state index is 0.307. The molecule has 0 aliphatic heterocycles. The van der Waals surface area contributed by atoms with Gasteiger partial charge >= 0.3 is 6.98 Å². The number of nitro benzene ring substituents is 1. The van der Waals surface area contributed by atoms with E-state index in [4.69, 9.17) is 11.6 Å². The maximum atomic E-state index is 12.2. The first kappa shape index (κ1) is 10.8. The van der Waals surface area contributed by atoms with E-state index in [1.54, 1.807) is 0 Å². The zero-order valence-electron chi connectivity index (χ0n) is 6.58. The van der Waals surface area contributed by atoms with Crippen LogP contribution in [0.2, 0.25) is 5.02 Å². The van der Waals surface area contributed by atoms with Gasteiger partial charge in [-0.2, -0.15) is 0 Å². The molecule has 0 aliphatic carbocycles. The molecule has 0 aliphatic rings. The van der Waals surface area contributed by atoms with E-state index in [-0.39, 0.29) is 5.02 Å². The third-order valence-electron chi connectivity index (χ3n) is 1.54. The van der Waals surface area contributed by atoms with Crippen molar-refractivity contribution in [2.75, 3.05) is 0 Å². The minimum Gasteiger partial charge on any atom is -0.445 e. The predicted molar refractivity (Wildman–Crippen MR) is 46.8 cm³/mol. The van der Waals surface area contributed by atoms with Gasteiger partial charge in [0, 0.05) is 0 Å². The van der Waals surface area contributed by atoms with Gasteiger partial charge in [0.25, 0.3) is 5.69 Å². The number of nitrogens with zero attached hydrogens (tertiary/aromatic N) is 1. The quantitative estimate of drug-likeness (QED) is 0.439. The van der Waals surface area contributed by atoms with Gasteiger partial charge in [-0.1, -0.05) is 17.7 Å². The molecule has 1 aromatic carbocycles. The van der Waals surface area contributed by atoms with Crippen molar-refractivity contribution in [3.8, 4) is 0 Å². The molecule has 0 bridgehead atoms. The highest BCUT2D eigenvalue weighted by molar-refractivity contribution is 6.73. The Balaban J connectivity index is 3.27. The Bertz CT molecular complexity index is 382. The lowest BCUT2D eigenvalue weighted by Crippen LogP contribution is -2.33. The van der Waals surface area contributed by atoms with E-state index in [0.29, 0.717) is 6.07 Å². The molecule has 0 heterocycles. The highest BCUT2D eigenvalue weighted by Gasteiger charge is 2.28. The Morgan fingerprint density at radius 1 is 1.36 bits per heavy atom. The van der Waals surface area contributed by atoms with Crippen LogP contribution in [0.25, 0.3) is 0 Å². The Morgan fingerprint density at radius 3 is 2.36 bits per heavy atom. The molecule has 0 amide bonds. The van der Waals surface area contributed by atoms with Crippen LogP contribution < -0.4 is 5.46 Å². The van der Waals surface area contributed by atoms with Gasteiger partial charge in [0.2, 0.25) is 0 Å². The van der Waals surface area contributed by atoms with Crippen molar-refractivity contribution >= 4 is 29.7 Å². The zero-order valence-corrected chi connectivity index (χ0v) is 7.34. The van der Waals surface area contributed by atoms with Crippen molar-refractivity contribution in [2.45, 2.75) is 0 Å². The molecular weight excluding hydrogens is 221 g/mol. The molecule has 3 nitrogen and oxygen atoms in total. The first-order chi connectivity index (χ1) is 6.32. The lowest BCUT2D eigenvalue weighted by Gasteiger charge is -2.14. The SMILES string of the molecule is O=[N+]([O-])c1cc([B-](F)(F)F)ccc1Cl. The second kappa shape index (κ2) is 3.49. The Labute approximate surface area is 81.7 Å². The standard InChI is InChI=1S/C6H3BClF3NO2/c8-5-2-1-4(7(9,10)11)3-6(5)12(13)14/h1-3H/q-1. The molecule has 0 radical (unpaired) electrons. The summed E-state index contributed by atoms with van der Waals surface area (Å²) >= 11 is 5.34. The summed E-state index contributed by atoms with van der Waals surface area (Å²) in [5.74, 6) is 0. The van der Waals surface area contributed by atoms with E-state index in [1.807, 2.05) is 0 Å². The van der Waals surface area contributed by atoms with Crippen LogP contribution in [0.4, 0.5) is 18.6 Å². The highest BCUT2D eigenvalue weighted by Crippen LogP contribution is 2.23. The Kier molecular flexibility index (Phi) is 2.70. The highest BCUT2D eigenvalue weighted by atomic mass is 35.5. The van der Waals surface area contributed by atoms with E-state index in [9.17, 15) is 23.1 Å². The Hall–Kier alpha value is -1.24. The molecule has 0 unspecified atom stereocenters. The summed E-state index contributed by atoms with van der Waals surface area (Å²) in [5.41, 5.74) is -1.76. The fraction of sp³-hybridized carbons (Fsp3) is 0. The van der Waals surface area contributed by atoms with E-state index >= 15 is 0 Å². The van der Waals surface area contributed by atoms with Crippen LogP contribution in [-0.2, 0) is 0 Å². The van der Waals surface area contributed by atoms with Crippen LogP contribution in [0, 0.1) is 10.1 Å². The molecule has 0 N–H and O–H groups in total. The van der Waals surface area contributed by atoms with Crippen molar-refractivity contribution in [1.82, 2.24) is 0 Å². The number of rotatable bonds is 2. The van der Waals surface area contributed by atoms with Gasteiger partial charge in [-0.3, -0.25) is 10.1 Å². The molecule has 76 valence electrons. The van der Waals surface area contributed by atoms with Gasteiger partial charge in [0.15, 0.2) is 0 Å². The van der Waals surface area contributed by atoms with Crippen LogP contribution in [0.5, 0.6) is 0 Å². The monoisotopic (exact) mass is 224 g/mol. The molecule has 0 aromatic heterocycles. The van der Waals surface area contributed by atoms with Gasteiger partial charge in [-0.05, 0) is 12.1 Å². The summed E-state index contributed by atoms with van der Waals surface area (Å²) in [6.07, 6.45) is 0. The summed E-state index contributed by atoms with van der Waals surface area (Å²) in [7, 11) is 0. The number of halogens is 4. The molecule has 8 heteroatoms. The maximum Gasteiger partial charge on any atom is 0.509 e. The summed E-state index contributed by atoms with van der Waals surface area (Å²) in [6.45, 7) is -5.23. The van der Waals surface area contributed by atoms with Crippen molar-refractivity contribution < 1.29 is 17.9 Å². The third-order valence-corrected chi connectivity index (χ3v) is 1.86. The first-order valence-electron chi connectivity index (χ1n) is 3.46. The van der Waals surface area contributed by atoms with Crippen LogP contribution >= 0.6 is 11.6 Å². The van der Waals surface area contributed by atoms with Crippen LogP contribution in [0.1, 0.15) is 0 Å². The van der Waals surface area contributed by atoms with Crippen molar-refractivity contribution in [3.63, 3.8) is 0 Å². The van der Waals surface area contributed by atoms with Gasteiger partial charge in [0.1, 0.15) is 5.02 Å².